The molecule has 2 aliphatic heterocycles. The van der Waals surface area contributed by atoms with E-state index in [0.717, 1.165) is 103 Å². The number of unbranched alkanes of at least 4 members (excludes halogenated alkanes) is 44. The summed E-state index contributed by atoms with van der Waals surface area (Å²) in [5, 5.41) is 87.9. The zero-order chi connectivity index (χ0) is 77.9. The molecule has 0 aromatic carbocycles. The lowest BCUT2D eigenvalue weighted by Gasteiger charge is -2.46. The smallest absolute Gasteiger partial charge is 0.220 e. The largest absolute Gasteiger partial charge is 0.394 e. The van der Waals surface area contributed by atoms with E-state index in [2.05, 4.69) is 129 Å². The van der Waals surface area contributed by atoms with Crippen LogP contribution in [-0.4, -0.2) is 140 Å². The Morgan fingerprint density at radius 2 is 0.639 bits per heavy atom. The average molecular weight is 1520 g/mol. The minimum Gasteiger partial charge on any atom is -0.394 e. The predicted octanol–water partition coefficient (Wildman–Crippen LogP) is 21.9. The molecule has 0 spiro atoms. The van der Waals surface area contributed by atoms with E-state index in [1.807, 2.05) is 6.08 Å². The molecule has 14 nitrogen and oxygen atoms in total. The summed E-state index contributed by atoms with van der Waals surface area (Å²) in [4.78, 5) is 13.4. The fraction of sp³-hybridized carbons (Fsp3) is 0.777. The number of ether oxygens (including phenoxy) is 4. The van der Waals surface area contributed by atoms with Gasteiger partial charge in [-0.25, -0.2) is 0 Å². The van der Waals surface area contributed by atoms with Gasteiger partial charge in [0.1, 0.15) is 48.8 Å². The van der Waals surface area contributed by atoms with Crippen LogP contribution in [0.25, 0.3) is 0 Å². The van der Waals surface area contributed by atoms with Gasteiger partial charge in [0.05, 0.1) is 32.0 Å². The normalized spacial score (nSPS) is 21.7. The van der Waals surface area contributed by atoms with E-state index >= 15 is 0 Å². The Labute approximate surface area is 660 Å². The minimum atomic E-state index is -1.79. The zero-order valence-corrected chi connectivity index (χ0v) is 68.8. The fourth-order valence-electron chi connectivity index (χ4n) is 14.2. The maximum absolute atomic E-state index is 13.4. The van der Waals surface area contributed by atoms with Gasteiger partial charge in [-0.2, -0.15) is 0 Å². The lowest BCUT2D eigenvalue weighted by atomic mass is 9.97. The summed E-state index contributed by atoms with van der Waals surface area (Å²) < 4.78 is 23.0. The zero-order valence-electron chi connectivity index (χ0n) is 68.8. The minimum absolute atomic E-state index is 0.240. The molecule has 624 valence electrons. The van der Waals surface area contributed by atoms with Crippen molar-refractivity contribution in [2.45, 2.75) is 447 Å². The van der Waals surface area contributed by atoms with Crippen molar-refractivity contribution in [3.8, 4) is 0 Å². The standard InChI is InChI=1S/C94H165NO13/c1-3-5-7-9-11-13-15-17-19-21-23-25-27-29-31-33-35-37-38-39-40-41-42-43-44-46-48-50-52-54-56-58-60-62-64-66-68-70-72-74-76-78-86(99)95-82(81-105-93-91(104)89(102)92(85(80-97)107-93)108-94-90(103)88(101)87(100)84(79-96)106-94)83(98)77-75-73-71-69-67-65-63-61-59-57-55-53-51-49-47-45-36-34-32-30-28-26-24-22-20-18-16-14-12-10-8-6-4-2/h5,7,11,13,17,19,23,25,29,31,35,37,39-40,42-43,46,48,75,77,82-85,87-94,96-98,100-104H,3-4,6,8-10,12,14-16,18,20-22,24,26-28,30,32-34,36,38,41,44-45,47,49-74,76,78-81H2,1-2H3,(H,95,99)/b7-5-,13-11-,19-17-,25-23-,31-29-,37-35-,40-39-,43-42-,48-46-,77-75+. The Bertz CT molecular complexity index is 2290. The van der Waals surface area contributed by atoms with Crippen LogP contribution in [0.1, 0.15) is 373 Å². The van der Waals surface area contributed by atoms with Gasteiger partial charge in [-0.1, -0.05) is 399 Å². The van der Waals surface area contributed by atoms with Crippen LogP contribution in [0, 0.1) is 0 Å². The van der Waals surface area contributed by atoms with Crippen molar-refractivity contribution in [1.29, 1.82) is 0 Å². The van der Waals surface area contributed by atoms with Crippen LogP contribution < -0.4 is 5.32 Å². The van der Waals surface area contributed by atoms with Crippen LogP contribution in [0.15, 0.2) is 122 Å². The molecule has 2 saturated heterocycles. The number of carbonyl (C=O) groups excluding carboxylic acids is 1. The first-order valence-electron chi connectivity index (χ1n) is 44.8. The Hall–Kier alpha value is -3.61. The molecule has 1 amide bonds. The first-order chi connectivity index (χ1) is 53.1. The molecule has 0 aliphatic carbocycles. The van der Waals surface area contributed by atoms with E-state index in [1.54, 1.807) is 6.08 Å². The Balaban J connectivity index is 1.58. The SMILES string of the molecule is CC/C=C\C/C=C\C/C=C\C/C=C\C/C=C\C/C=C\C/C=C\C/C=C\C/C=C\CCCCCCCCCCCCCCCC(=O)NC(COC1OC(CO)C(OC2OC(CO)C(O)C(O)C2O)C(O)C1O)C(O)/C=C/CCCCCCCCCCCCCCCCCCCCCCCCCCCCCCCCC. The number of nitrogens with one attached hydrogen (secondary N) is 1. The Kier molecular flexibility index (Phi) is 70.7. The van der Waals surface area contributed by atoms with Gasteiger partial charge in [0.25, 0.3) is 0 Å². The summed E-state index contributed by atoms with van der Waals surface area (Å²) in [5.74, 6) is -0.240. The predicted molar refractivity (Wildman–Crippen MR) is 452 cm³/mol. The third-order valence-corrected chi connectivity index (χ3v) is 21.2. The average Bonchev–Trinajstić information content (AvgIpc) is 0.789. The van der Waals surface area contributed by atoms with Crippen molar-refractivity contribution in [1.82, 2.24) is 5.32 Å². The number of rotatable bonds is 75. The van der Waals surface area contributed by atoms with Gasteiger partial charge in [0, 0.05) is 6.42 Å². The molecule has 2 aliphatic rings. The maximum atomic E-state index is 13.4. The molecule has 9 N–H and O–H groups in total. The van der Waals surface area contributed by atoms with Crippen molar-refractivity contribution in [2.24, 2.45) is 0 Å². The lowest BCUT2D eigenvalue weighted by molar-refractivity contribution is -0.359. The molecule has 12 unspecified atom stereocenters. The molecule has 0 aromatic rings. The van der Waals surface area contributed by atoms with Crippen LogP contribution in [0.3, 0.4) is 0 Å². The molecule has 0 saturated carbocycles. The Morgan fingerprint density at radius 3 is 0.981 bits per heavy atom. The number of hydrogen-bond donors (Lipinski definition) is 9. The summed E-state index contributed by atoms with van der Waals surface area (Å²) in [6, 6.07) is -0.925. The van der Waals surface area contributed by atoms with Gasteiger partial charge in [0.15, 0.2) is 12.6 Å². The van der Waals surface area contributed by atoms with E-state index < -0.39 is 86.8 Å². The lowest BCUT2D eigenvalue weighted by Crippen LogP contribution is -2.65. The third kappa shape index (κ3) is 57.4. The second kappa shape index (κ2) is 76.0. The molecule has 2 heterocycles. The van der Waals surface area contributed by atoms with Gasteiger partial charge in [0.2, 0.25) is 5.91 Å². The Morgan fingerprint density at radius 1 is 0.343 bits per heavy atom. The topological polar surface area (TPSA) is 228 Å². The highest BCUT2D eigenvalue weighted by Gasteiger charge is 2.51. The fourth-order valence-corrected chi connectivity index (χ4v) is 14.2. The van der Waals surface area contributed by atoms with Crippen molar-refractivity contribution >= 4 is 5.91 Å². The van der Waals surface area contributed by atoms with E-state index in [4.69, 9.17) is 18.9 Å². The van der Waals surface area contributed by atoms with E-state index in [0.29, 0.717) is 6.42 Å². The molecule has 0 radical (unpaired) electrons. The summed E-state index contributed by atoms with van der Waals surface area (Å²) in [6.07, 6.45) is 95.8. The quantitative estimate of drug-likeness (QED) is 0.0204. The van der Waals surface area contributed by atoms with Crippen molar-refractivity contribution in [3.05, 3.63) is 122 Å². The van der Waals surface area contributed by atoms with E-state index in [1.165, 1.54) is 244 Å². The second-order valence-corrected chi connectivity index (χ2v) is 31.0. The number of allylic oxidation sites excluding steroid dienone is 19. The first kappa shape index (κ1) is 100. The van der Waals surface area contributed by atoms with Crippen molar-refractivity contribution in [2.75, 3.05) is 19.8 Å². The molecule has 108 heavy (non-hydrogen) atoms. The van der Waals surface area contributed by atoms with Gasteiger partial charge in [-0.05, 0) is 89.9 Å². The van der Waals surface area contributed by atoms with Gasteiger partial charge in [-0.15, -0.1) is 0 Å². The van der Waals surface area contributed by atoms with Gasteiger partial charge < -0.3 is 65.1 Å². The number of aliphatic hydroxyl groups is 8. The summed E-state index contributed by atoms with van der Waals surface area (Å²) >= 11 is 0. The van der Waals surface area contributed by atoms with Crippen LogP contribution >= 0.6 is 0 Å². The number of hydrogen-bond acceptors (Lipinski definition) is 13. The molecule has 2 rings (SSSR count). The molecule has 14 heteroatoms. The van der Waals surface area contributed by atoms with Crippen LogP contribution in [0.4, 0.5) is 0 Å². The summed E-state index contributed by atoms with van der Waals surface area (Å²) in [5.41, 5.74) is 0. The number of carbonyl (C=O) groups is 1. The number of aliphatic hydroxyl groups excluding tert-OH is 8. The summed E-state index contributed by atoms with van der Waals surface area (Å²) in [6.45, 7) is 2.73. The highest BCUT2D eigenvalue weighted by molar-refractivity contribution is 5.76. The second-order valence-electron chi connectivity index (χ2n) is 31.0. The highest BCUT2D eigenvalue weighted by atomic mass is 16.7. The van der Waals surface area contributed by atoms with Gasteiger partial charge in [-0.3, -0.25) is 4.79 Å². The van der Waals surface area contributed by atoms with Crippen molar-refractivity contribution < 1.29 is 64.6 Å². The van der Waals surface area contributed by atoms with Crippen LogP contribution in [0.2, 0.25) is 0 Å². The number of amides is 1. The van der Waals surface area contributed by atoms with Crippen LogP contribution in [0.5, 0.6) is 0 Å². The summed E-state index contributed by atoms with van der Waals surface area (Å²) in [7, 11) is 0. The molecule has 0 aromatic heterocycles. The van der Waals surface area contributed by atoms with E-state index in [9.17, 15) is 45.6 Å². The molecular formula is C94H165NO13. The third-order valence-electron chi connectivity index (χ3n) is 21.2. The molecule has 0 bridgehead atoms. The van der Waals surface area contributed by atoms with Crippen molar-refractivity contribution in [3.63, 3.8) is 0 Å². The monoisotopic (exact) mass is 1520 g/mol. The van der Waals surface area contributed by atoms with Crippen LogP contribution in [-0.2, 0) is 23.7 Å². The van der Waals surface area contributed by atoms with Gasteiger partial charge >= 0.3 is 0 Å². The first-order valence-corrected chi connectivity index (χ1v) is 44.8. The molecule has 2 fully saturated rings. The van der Waals surface area contributed by atoms with E-state index in [-0.39, 0.29) is 18.9 Å². The highest BCUT2D eigenvalue weighted by Crippen LogP contribution is 2.30. The maximum Gasteiger partial charge on any atom is 0.220 e. The molecule has 12 atom stereocenters. The molecular weight excluding hydrogens is 1350 g/mol.